The molecule has 0 amide bonds. The minimum Gasteiger partial charge on any atom is -0.310 e. The SMILES string of the molecule is CC(=Cc1cccc(Cl)c1Cl)CNC1CC1. The molecular weight excluding hydrogens is 241 g/mol. The lowest BCUT2D eigenvalue weighted by Gasteiger charge is -2.05. The van der Waals surface area contributed by atoms with Crippen LogP contribution in [0.15, 0.2) is 23.8 Å². The van der Waals surface area contributed by atoms with Crippen LogP contribution >= 0.6 is 23.2 Å². The predicted octanol–water partition coefficient (Wildman–Crippen LogP) is 4.15. The van der Waals surface area contributed by atoms with E-state index in [1.165, 1.54) is 18.4 Å². The number of halogens is 2. The highest BCUT2D eigenvalue weighted by Gasteiger charge is 2.19. The fraction of sp³-hybridized carbons (Fsp3) is 0.385. The van der Waals surface area contributed by atoms with Gasteiger partial charge in [-0.05, 0) is 31.4 Å². The van der Waals surface area contributed by atoms with Crippen LogP contribution in [0.25, 0.3) is 6.08 Å². The summed E-state index contributed by atoms with van der Waals surface area (Å²) in [7, 11) is 0. The number of nitrogens with one attached hydrogen (secondary N) is 1. The van der Waals surface area contributed by atoms with Crippen LogP contribution in [0.1, 0.15) is 25.3 Å². The molecule has 0 aliphatic heterocycles. The third kappa shape index (κ3) is 3.24. The molecule has 0 unspecified atom stereocenters. The summed E-state index contributed by atoms with van der Waals surface area (Å²) in [6.07, 6.45) is 4.71. The van der Waals surface area contributed by atoms with Crippen molar-refractivity contribution >= 4 is 29.3 Å². The van der Waals surface area contributed by atoms with E-state index in [0.29, 0.717) is 10.0 Å². The largest absolute Gasteiger partial charge is 0.310 e. The molecule has 0 bridgehead atoms. The van der Waals surface area contributed by atoms with E-state index in [0.717, 1.165) is 18.2 Å². The van der Waals surface area contributed by atoms with Crippen LogP contribution in [-0.2, 0) is 0 Å². The second-order valence-electron chi connectivity index (χ2n) is 4.29. The number of rotatable bonds is 4. The van der Waals surface area contributed by atoms with E-state index in [1.807, 2.05) is 12.1 Å². The molecule has 1 saturated carbocycles. The maximum Gasteiger partial charge on any atom is 0.0664 e. The highest BCUT2D eigenvalue weighted by molar-refractivity contribution is 6.42. The summed E-state index contributed by atoms with van der Waals surface area (Å²) in [5.41, 5.74) is 2.26. The molecule has 16 heavy (non-hydrogen) atoms. The van der Waals surface area contributed by atoms with Gasteiger partial charge >= 0.3 is 0 Å². The van der Waals surface area contributed by atoms with E-state index in [-0.39, 0.29) is 0 Å². The Hall–Kier alpha value is -0.500. The summed E-state index contributed by atoms with van der Waals surface area (Å²) in [5, 5.41) is 4.71. The third-order valence-corrected chi connectivity index (χ3v) is 3.46. The van der Waals surface area contributed by atoms with Gasteiger partial charge in [-0.3, -0.25) is 0 Å². The third-order valence-electron chi connectivity index (χ3n) is 2.63. The molecule has 0 atom stereocenters. The standard InChI is InChI=1S/C13H15Cl2N/c1-9(8-16-11-5-6-11)7-10-3-2-4-12(14)13(10)15/h2-4,7,11,16H,5-6,8H2,1H3. The summed E-state index contributed by atoms with van der Waals surface area (Å²) >= 11 is 12.1. The van der Waals surface area contributed by atoms with E-state index in [1.54, 1.807) is 6.07 Å². The lowest BCUT2D eigenvalue weighted by Crippen LogP contribution is -2.18. The van der Waals surface area contributed by atoms with Crippen molar-refractivity contribution in [2.75, 3.05) is 6.54 Å². The van der Waals surface area contributed by atoms with Crippen LogP contribution in [0, 0.1) is 0 Å². The topological polar surface area (TPSA) is 12.0 Å². The van der Waals surface area contributed by atoms with Gasteiger partial charge in [-0.15, -0.1) is 0 Å². The van der Waals surface area contributed by atoms with Gasteiger partial charge in [0, 0.05) is 12.6 Å². The van der Waals surface area contributed by atoms with E-state index in [2.05, 4.69) is 18.3 Å². The first-order chi connectivity index (χ1) is 7.66. The molecule has 1 fully saturated rings. The number of benzene rings is 1. The molecule has 1 aromatic rings. The van der Waals surface area contributed by atoms with Crippen LogP contribution in [0.3, 0.4) is 0 Å². The molecule has 1 aliphatic carbocycles. The Labute approximate surface area is 106 Å². The van der Waals surface area contributed by atoms with Crippen LogP contribution in [0.2, 0.25) is 10.0 Å². The molecule has 86 valence electrons. The minimum atomic E-state index is 0.610. The lowest BCUT2D eigenvalue weighted by atomic mass is 10.1. The maximum absolute atomic E-state index is 6.12. The van der Waals surface area contributed by atoms with Crippen molar-refractivity contribution < 1.29 is 0 Å². The average Bonchev–Trinajstić information content (AvgIpc) is 3.06. The van der Waals surface area contributed by atoms with Gasteiger partial charge in [0.05, 0.1) is 10.0 Å². The second-order valence-corrected chi connectivity index (χ2v) is 5.07. The van der Waals surface area contributed by atoms with Gasteiger partial charge in [-0.25, -0.2) is 0 Å². The van der Waals surface area contributed by atoms with E-state index in [4.69, 9.17) is 23.2 Å². The molecule has 0 aromatic heterocycles. The number of hydrogen-bond acceptors (Lipinski definition) is 1. The highest BCUT2D eigenvalue weighted by atomic mass is 35.5. The molecule has 1 aromatic carbocycles. The van der Waals surface area contributed by atoms with Crippen molar-refractivity contribution in [1.29, 1.82) is 0 Å². The van der Waals surface area contributed by atoms with Crippen molar-refractivity contribution in [2.24, 2.45) is 0 Å². The first-order valence-corrected chi connectivity index (χ1v) is 6.27. The molecule has 0 radical (unpaired) electrons. The molecule has 1 aliphatic rings. The Morgan fingerprint density at radius 2 is 2.19 bits per heavy atom. The van der Waals surface area contributed by atoms with Crippen molar-refractivity contribution in [3.05, 3.63) is 39.4 Å². The lowest BCUT2D eigenvalue weighted by molar-refractivity contribution is 0.736. The fourth-order valence-electron chi connectivity index (χ4n) is 1.54. The Morgan fingerprint density at radius 1 is 1.44 bits per heavy atom. The van der Waals surface area contributed by atoms with Gasteiger partial charge in [-0.1, -0.05) is 47.0 Å². The van der Waals surface area contributed by atoms with E-state index < -0.39 is 0 Å². The molecule has 0 spiro atoms. The minimum absolute atomic E-state index is 0.610. The van der Waals surface area contributed by atoms with Gasteiger partial charge in [0.2, 0.25) is 0 Å². The average molecular weight is 256 g/mol. The van der Waals surface area contributed by atoms with E-state index in [9.17, 15) is 0 Å². The molecule has 1 N–H and O–H groups in total. The number of hydrogen-bond donors (Lipinski definition) is 1. The van der Waals surface area contributed by atoms with Crippen LogP contribution in [0.5, 0.6) is 0 Å². The molecular formula is C13H15Cl2N. The summed E-state index contributed by atoms with van der Waals surface area (Å²) in [4.78, 5) is 0. The van der Waals surface area contributed by atoms with Crippen LogP contribution in [-0.4, -0.2) is 12.6 Å². The summed E-state index contributed by atoms with van der Waals surface area (Å²) < 4.78 is 0. The molecule has 2 rings (SSSR count). The first-order valence-electron chi connectivity index (χ1n) is 5.51. The van der Waals surface area contributed by atoms with Crippen molar-refractivity contribution in [3.63, 3.8) is 0 Å². The highest BCUT2D eigenvalue weighted by Crippen LogP contribution is 2.27. The summed E-state index contributed by atoms with van der Waals surface area (Å²) in [6, 6.07) is 6.44. The van der Waals surface area contributed by atoms with Gasteiger partial charge in [0.1, 0.15) is 0 Å². The monoisotopic (exact) mass is 255 g/mol. The Morgan fingerprint density at radius 3 is 2.88 bits per heavy atom. The zero-order valence-electron chi connectivity index (χ0n) is 9.26. The quantitative estimate of drug-likeness (QED) is 0.853. The predicted molar refractivity (Wildman–Crippen MR) is 71.1 cm³/mol. The summed E-state index contributed by atoms with van der Waals surface area (Å²) in [6.45, 7) is 3.03. The van der Waals surface area contributed by atoms with Gasteiger partial charge in [0.25, 0.3) is 0 Å². The van der Waals surface area contributed by atoms with Crippen LogP contribution in [0.4, 0.5) is 0 Å². The van der Waals surface area contributed by atoms with Crippen LogP contribution < -0.4 is 5.32 Å². The first kappa shape index (κ1) is 12.0. The van der Waals surface area contributed by atoms with Gasteiger partial charge < -0.3 is 5.32 Å². The Bertz CT molecular complexity index is 408. The summed E-state index contributed by atoms with van der Waals surface area (Å²) in [5.74, 6) is 0. The maximum atomic E-state index is 6.12. The Balaban J connectivity index is 2.04. The van der Waals surface area contributed by atoms with Gasteiger partial charge in [-0.2, -0.15) is 0 Å². The molecule has 0 heterocycles. The smallest absolute Gasteiger partial charge is 0.0664 e. The normalized spacial score (nSPS) is 16.6. The molecule has 0 saturated heterocycles. The van der Waals surface area contributed by atoms with E-state index >= 15 is 0 Å². The van der Waals surface area contributed by atoms with Gasteiger partial charge in [0.15, 0.2) is 0 Å². The van der Waals surface area contributed by atoms with Crippen molar-refractivity contribution in [1.82, 2.24) is 5.32 Å². The second kappa shape index (κ2) is 5.22. The zero-order valence-corrected chi connectivity index (χ0v) is 10.8. The van der Waals surface area contributed by atoms with Crippen molar-refractivity contribution in [2.45, 2.75) is 25.8 Å². The van der Waals surface area contributed by atoms with Crippen molar-refractivity contribution in [3.8, 4) is 0 Å². The zero-order chi connectivity index (χ0) is 11.5. The Kier molecular flexibility index (Phi) is 3.91. The molecule has 1 nitrogen and oxygen atoms in total. The molecule has 3 heteroatoms. The fourth-order valence-corrected chi connectivity index (χ4v) is 1.90.